The van der Waals surface area contributed by atoms with E-state index < -0.39 is 11.8 Å². The zero-order valence-corrected chi connectivity index (χ0v) is 11.1. The number of nitrogens with one attached hydrogen (secondary N) is 1. The van der Waals surface area contributed by atoms with E-state index in [1.165, 1.54) is 0 Å². The molecule has 1 saturated heterocycles. The van der Waals surface area contributed by atoms with E-state index in [2.05, 4.69) is 10.3 Å². The van der Waals surface area contributed by atoms with E-state index in [9.17, 15) is 9.59 Å². The summed E-state index contributed by atoms with van der Waals surface area (Å²) in [6.45, 7) is 3.01. The number of carbonyl (C=O) groups is 2. The molecule has 0 bridgehead atoms. The molecule has 1 aliphatic rings. The van der Waals surface area contributed by atoms with Gasteiger partial charge in [0.05, 0.1) is 0 Å². The maximum Gasteiger partial charge on any atom is 0.312 e. The van der Waals surface area contributed by atoms with Crippen molar-refractivity contribution in [2.45, 2.75) is 38.8 Å². The van der Waals surface area contributed by atoms with Crippen molar-refractivity contribution in [2.24, 2.45) is 0 Å². The number of piperidine rings is 1. The lowest BCUT2D eigenvalue weighted by Crippen LogP contribution is -2.48. The van der Waals surface area contributed by atoms with Gasteiger partial charge in [0, 0.05) is 31.5 Å². The van der Waals surface area contributed by atoms with Gasteiger partial charge in [-0.3, -0.25) is 14.6 Å². The standard InChI is InChI=1S/C14H19N3O2/c1-11-5-2-3-8-17(11)14(19)13(18)16-10-12-6-4-7-15-9-12/h4,6-7,9,11H,2-3,5,8,10H2,1H3,(H,16,18). The van der Waals surface area contributed by atoms with Crippen molar-refractivity contribution in [2.75, 3.05) is 6.54 Å². The van der Waals surface area contributed by atoms with Crippen LogP contribution in [-0.4, -0.2) is 34.3 Å². The van der Waals surface area contributed by atoms with Crippen molar-refractivity contribution in [3.63, 3.8) is 0 Å². The zero-order valence-electron chi connectivity index (χ0n) is 11.1. The molecule has 1 aliphatic heterocycles. The van der Waals surface area contributed by atoms with Crippen molar-refractivity contribution < 1.29 is 9.59 Å². The van der Waals surface area contributed by atoms with Crippen LogP contribution in [0.25, 0.3) is 0 Å². The van der Waals surface area contributed by atoms with E-state index in [4.69, 9.17) is 0 Å². The molecule has 0 aliphatic carbocycles. The monoisotopic (exact) mass is 261 g/mol. The van der Waals surface area contributed by atoms with Gasteiger partial charge in [0.25, 0.3) is 0 Å². The molecule has 102 valence electrons. The summed E-state index contributed by atoms with van der Waals surface area (Å²) in [6.07, 6.45) is 6.43. The second-order valence-corrected chi connectivity index (χ2v) is 4.89. The van der Waals surface area contributed by atoms with Crippen molar-refractivity contribution in [1.82, 2.24) is 15.2 Å². The lowest BCUT2D eigenvalue weighted by molar-refractivity contribution is -0.148. The van der Waals surface area contributed by atoms with Crippen molar-refractivity contribution in [3.8, 4) is 0 Å². The largest absolute Gasteiger partial charge is 0.344 e. The minimum Gasteiger partial charge on any atom is -0.344 e. The van der Waals surface area contributed by atoms with Gasteiger partial charge in [0.15, 0.2) is 0 Å². The first-order valence-electron chi connectivity index (χ1n) is 6.66. The highest BCUT2D eigenvalue weighted by Gasteiger charge is 2.27. The number of aromatic nitrogens is 1. The molecule has 0 aromatic carbocycles. The summed E-state index contributed by atoms with van der Waals surface area (Å²) < 4.78 is 0. The number of carbonyl (C=O) groups excluding carboxylic acids is 2. The Labute approximate surface area is 113 Å². The predicted octanol–water partition coefficient (Wildman–Crippen LogP) is 1.10. The normalized spacial score (nSPS) is 19.0. The van der Waals surface area contributed by atoms with E-state index in [0.29, 0.717) is 13.1 Å². The van der Waals surface area contributed by atoms with Crippen LogP contribution in [0.15, 0.2) is 24.5 Å². The molecule has 1 fully saturated rings. The lowest BCUT2D eigenvalue weighted by atomic mass is 10.0. The van der Waals surface area contributed by atoms with Crippen LogP contribution in [0.4, 0.5) is 0 Å². The third kappa shape index (κ3) is 3.53. The number of pyridine rings is 1. The van der Waals surface area contributed by atoms with Crippen LogP contribution in [0.3, 0.4) is 0 Å². The molecule has 0 spiro atoms. The van der Waals surface area contributed by atoms with Crippen LogP contribution in [0.5, 0.6) is 0 Å². The fourth-order valence-corrected chi connectivity index (χ4v) is 2.29. The van der Waals surface area contributed by atoms with Crippen LogP contribution >= 0.6 is 0 Å². The van der Waals surface area contributed by atoms with Gasteiger partial charge in [-0.2, -0.15) is 0 Å². The number of rotatable bonds is 2. The van der Waals surface area contributed by atoms with Crippen LogP contribution < -0.4 is 5.32 Å². The van der Waals surface area contributed by atoms with Crippen molar-refractivity contribution in [1.29, 1.82) is 0 Å². The van der Waals surface area contributed by atoms with E-state index in [-0.39, 0.29) is 6.04 Å². The van der Waals surface area contributed by atoms with E-state index in [1.54, 1.807) is 23.4 Å². The Morgan fingerprint density at radius 2 is 2.32 bits per heavy atom. The molecule has 2 rings (SSSR count). The number of nitrogens with zero attached hydrogens (tertiary/aromatic N) is 2. The summed E-state index contributed by atoms with van der Waals surface area (Å²) in [7, 11) is 0. The minimum atomic E-state index is -0.530. The van der Waals surface area contributed by atoms with E-state index >= 15 is 0 Å². The summed E-state index contributed by atoms with van der Waals surface area (Å²) >= 11 is 0. The van der Waals surface area contributed by atoms with E-state index in [0.717, 1.165) is 24.8 Å². The van der Waals surface area contributed by atoms with Gasteiger partial charge in [0.2, 0.25) is 0 Å². The summed E-state index contributed by atoms with van der Waals surface area (Å²) in [4.78, 5) is 29.5. The Kier molecular flexibility index (Phi) is 4.49. The average molecular weight is 261 g/mol. The summed E-state index contributed by atoms with van der Waals surface area (Å²) in [5, 5.41) is 2.65. The fraction of sp³-hybridized carbons (Fsp3) is 0.500. The first kappa shape index (κ1) is 13.5. The van der Waals surface area contributed by atoms with Gasteiger partial charge in [-0.25, -0.2) is 0 Å². The Hall–Kier alpha value is -1.91. The van der Waals surface area contributed by atoms with Crippen LogP contribution in [0.1, 0.15) is 31.7 Å². The second kappa shape index (κ2) is 6.31. The maximum absolute atomic E-state index is 12.0. The number of amides is 2. The number of hydrogen-bond donors (Lipinski definition) is 1. The van der Waals surface area contributed by atoms with Crippen LogP contribution in [-0.2, 0) is 16.1 Å². The van der Waals surface area contributed by atoms with Gasteiger partial charge in [0.1, 0.15) is 0 Å². The molecule has 1 atom stereocenters. The summed E-state index contributed by atoms with van der Waals surface area (Å²) in [5.41, 5.74) is 0.885. The topological polar surface area (TPSA) is 62.3 Å². The predicted molar refractivity (Wildman–Crippen MR) is 71.1 cm³/mol. The molecular formula is C14H19N3O2. The van der Waals surface area contributed by atoms with Crippen molar-refractivity contribution in [3.05, 3.63) is 30.1 Å². The Morgan fingerprint density at radius 1 is 1.47 bits per heavy atom. The molecule has 1 unspecified atom stereocenters. The Morgan fingerprint density at radius 3 is 3.00 bits per heavy atom. The minimum absolute atomic E-state index is 0.158. The molecule has 1 aromatic heterocycles. The van der Waals surface area contributed by atoms with E-state index in [1.807, 2.05) is 13.0 Å². The molecule has 19 heavy (non-hydrogen) atoms. The van der Waals surface area contributed by atoms with Gasteiger partial charge >= 0.3 is 11.8 Å². The Bertz CT molecular complexity index is 447. The molecule has 0 saturated carbocycles. The Balaban J connectivity index is 1.87. The van der Waals surface area contributed by atoms with Gasteiger partial charge in [-0.05, 0) is 37.8 Å². The molecule has 5 heteroatoms. The molecule has 1 N–H and O–H groups in total. The third-order valence-corrected chi connectivity index (χ3v) is 3.43. The fourth-order valence-electron chi connectivity index (χ4n) is 2.29. The highest BCUT2D eigenvalue weighted by molar-refractivity contribution is 6.35. The van der Waals surface area contributed by atoms with Gasteiger partial charge < -0.3 is 10.2 Å². The maximum atomic E-state index is 12.0. The molecule has 0 radical (unpaired) electrons. The third-order valence-electron chi connectivity index (χ3n) is 3.43. The molecule has 2 heterocycles. The molecule has 5 nitrogen and oxygen atoms in total. The number of hydrogen-bond acceptors (Lipinski definition) is 3. The van der Waals surface area contributed by atoms with Gasteiger partial charge in [-0.1, -0.05) is 6.07 Å². The molecular weight excluding hydrogens is 242 g/mol. The summed E-state index contributed by atoms with van der Waals surface area (Å²) in [6, 6.07) is 3.82. The quantitative estimate of drug-likeness (QED) is 0.811. The first-order valence-corrected chi connectivity index (χ1v) is 6.66. The van der Waals surface area contributed by atoms with Crippen LogP contribution in [0.2, 0.25) is 0 Å². The molecule has 1 aromatic rings. The van der Waals surface area contributed by atoms with Crippen LogP contribution in [0, 0.1) is 0 Å². The summed E-state index contributed by atoms with van der Waals surface area (Å²) in [5.74, 6) is -0.950. The highest BCUT2D eigenvalue weighted by atomic mass is 16.2. The second-order valence-electron chi connectivity index (χ2n) is 4.89. The lowest BCUT2D eigenvalue weighted by Gasteiger charge is -2.32. The van der Waals surface area contributed by atoms with Crippen molar-refractivity contribution >= 4 is 11.8 Å². The average Bonchev–Trinajstić information content (AvgIpc) is 2.45. The molecule has 2 amide bonds. The smallest absolute Gasteiger partial charge is 0.312 e. The van der Waals surface area contributed by atoms with Gasteiger partial charge in [-0.15, -0.1) is 0 Å². The zero-order chi connectivity index (χ0) is 13.7. The SMILES string of the molecule is CC1CCCCN1C(=O)C(=O)NCc1cccnc1. The first-order chi connectivity index (χ1) is 9.18. The number of likely N-dealkylation sites (tertiary alicyclic amines) is 1. The highest BCUT2D eigenvalue weighted by Crippen LogP contribution is 2.16.